The first-order valence-electron chi connectivity index (χ1n) is 5.68. The monoisotopic (exact) mass is 282 g/mol. The first kappa shape index (κ1) is 14.0. The van der Waals surface area contributed by atoms with E-state index in [0.717, 1.165) is 0 Å². The minimum Gasteiger partial charge on any atom is -0.496 e. The summed E-state index contributed by atoms with van der Waals surface area (Å²) in [6, 6.07) is 5.33. The lowest BCUT2D eigenvalue weighted by atomic mass is 10.1. The Morgan fingerprint density at radius 2 is 2.10 bits per heavy atom. The molecule has 1 aromatic heterocycles. The summed E-state index contributed by atoms with van der Waals surface area (Å²) in [5.74, 6) is -0.919. The number of carboxylic acid groups (broad SMARTS) is 1. The number of nitrogens with zero attached hydrogens (tertiary/aromatic N) is 2. The number of halogens is 2. The van der Waals surface area contributed by atoms with E-state index in [2.05, 4.69) is 5.10 Å². The standard InChI is InChI=1S/C13H12F2N2O3/c1-17-10(6-9(16-17)13(18)19)8-4-3-7(12(14)15)5-11(8)20-2/h3-6,12H,1-2H3,(H,18,19). The number of aryl methyl sites for hydroxylation is 1. The van der Waals surface area contributed by atoms with Gasteiger partial charge in [0.05, 0.1) is 12.8 Å². The lowest BCUT2D eigenvalue weighted by Crippen LogP contribution is -1.99. The van der Waals surface area contributed by atoms with E-state index in [1.54, 1.807) is 7.05 Å². The van der Waals surface area contributed by atoms with Gasteiger partial charge in [0, 0.05) is 18.2 Å². The quantitative estimate of drug-likeness (QED) is 0.936. The average molecular weight is 282 g/mol. The Morgan fingerprint density at radius 1 is 1.40 bits per heavy atom. The van der Waals surface area contributed by atoms with Crippen LogP contribution in [0.5, 0.6) is 5.75 Å². The Labute approximate surface area is 113 Å². The summed E-state index contributed by atoms with van der Waals surface area (Å²) < 4.78 is 31.8. The van der Waals surface area contributed by atoms with Crippen molar-refractivity contribution in [1.29, 1.82) is 0 Å². The number of carboxylic acids is 1. The van der Waals surface area contributed by atoms with Crippen molar-refractivity contribution < 1.29 is 23.4 Å². The zero-order valence-corrected chi connectivity index (χ0v) is 10.8. The highest BCUT2D eigenvalue weighted by molar-refractivity contribution is 5.87. The van der Waals surface area contributed by atoms with Gasteiger partial charge in [0.1, 0.15) is 5.75 Å². The van der Waals surface area contributed by atoms with Crippen LogP contribution >= 0.6 is 0 Å². The molecule has 0 radical (unpaired) electrons. The Balaban J connectivity index is 2.54. The normalized spacial score (nSPS) is 10.8. The van der Waals surface area contributed by atoms with Gasteiger partial charge in [-0.1, -0.05) is 6.07 Å². The van der Waals surface area contributed by atoms with Crippen LogP contribution in [0, 0.1) is 0 Å². The molecule has 1 N–H and O–H groups in total. The number of ether oxygens (including phenoxy) is 1. The molecule has 20 heavy (non-hydrogen) atoms. The number of rotatable bonds is 4. The molecular formula is C13H12F2N2O3. The van der Waals surface area contributed by atoms with Gasteiger partial charge in [-0.15, -0.1) is 0 Å². The van der Waals surface area contributed by atoms with E-state index >= 15 is 0 Å². The van der Waals surface area contributed by atoms with Gasteiger partial charge in [-0.3, -0.25) is 4.68 Å². The molecule has 1 aromatic carbocycles. The lowest BCUT2D eigenvalue weighted by molar-refractivity contribution is 0.0689. The molecule has 0 aliphatic heterocycles. The van der Waals surface area contributed by atoms with Crippen LogP contribution in [0.3, 0.4) is 0 Å². The van der Waals surface area contributed by atoms with Crippen molar-refractivity contribution in [2.45, 2.75) is 6.43 Å². The summed E-state index contributed by atoms with van der Waals surface area (Å²) in [7, 11) is 2.94. The summed E-state index contributed by atoms with van der Waals surface area (Å²) in [6.45, 7) is 0. The largest absolute Gasteiger partial charge is 0.496 e. The van der Waals surface area contributed by atoms with E-state index in [1.807, 2.05) is 0 Å². The average Bonchev–Trinajstić information content (AvgIpc) is 2.80. The number of benzene rings is 1. The minimum atomic E-state index is -2.60. The topological polar surface area (TPSA) is 64.3 Å². The second-order valence-electron chi connectivity index (χ2n) is 4.10. The Morgan fingerprint density at radius 3 is 2.60 bits per heavy atom. The van der Waals surface area contributed by atoms with Crippen LogP contribution in [0.25, 0.3) is 11.3 Å². The van der Waals surface area contributed by atoms with Crippen molar-refractivity contribution in [3.05, 3.63) is 35.5 Å². The molecule has 2 rings (SSSR count). The highest BCUT2D eigenvalue weighted by Crippen LogP contribution is 2.33. The lowest BCUT2D eigenvalue weighted by Gasteiger charge is -2.10. The SMILES string of the molecule is COc1cc(C(F)F)ccc1-c1cc(C(=O)O)nn1C. The molecular weight excluding hydrogens is 270 g/mol. The van der Waals surface area contributed by atoms with Gasteiger partial charge in [0.15, 0.2) is 5.69 Å². The fraction of sp³-hybridized carbons (Fsp3) is 0.231. The molecule has 0 bridgehead atoms. The fourth-order valence-corrected chi connectivity index (χ4v) is 1.88. The number of alkyl halides is 2. The number of hydrogen-bond donors (Lipinski definition) is 1. The van der Waals surface area contributed by atoms with E-state index in [4.69, 9.17) is 9.84 Å². The number of aromatic nitrogens is 2. The van der Waals surface area contributed by atoms with Gasteiger partial charge in [-0.25, -0.2) is 13.6 Å². The predicted molar refractivity (Wildman–Crippen MR) is 67.1 cm³/mol. The van der Waals surface area contributed by atoms with Crippen LogP contribution in [0.15, 0.2) is 24.3 Å². The van der Waals surface area contributed by atoms with Crippen LogP contribution in [-0.2, 0) is 7.05 Å². The molecule has 2 aromatic rings. The number of hydrogen-bond acceptors (Lipinski definition) is 3. The second-order valence-corrected chi connectivity index (χ2v) is 4.10. The van der Waals surface area contributed by atoms with Crippen molar-refractivity contribution in [3.63, 3.8) is 0 Å². The van der Waals surface area contributed by atoms with Gasteiger partial charge < -0.3 is 9.84 Å². The van der Waals surface area contributed by atoms with E-state index < -0.39 is 12.4 Å². The summed E-state index contributed by atoms with van der Waals surface area (Å²) in [5, 5.41) is 12.7. The maximum atomic E-state index is 12.7. The molecule has 106 valence electrons. The molecule has 0 amide bonds. The molecule has 0 aliphatic carbocycles. The minimum absolute atomic E-state index is 0.123. The molecule has 0 saturated carbocycles. The third kappa shape index (κ3) is 2.47. The van der Waals surface area contributed by atoms with Gasteiger partial charge >= 0.3 is 5.97 Å². The van der Waals surface area contributed by atoms with Crippen molar-refractivity contribution in [2.75, 3.05) is 7.11 Å². The number of methoxy groups -OCH3 is 1. The summed E-state index contributed by atoms with van der Waals surface area (Å²) >= 11 is 0. The molecule has 5 nitrogen and oxygen atoms in total. The summed E-state index contributed by atoms with van der Waals surface area (Å²) in [5.41, 5.74) is 0.688. The van der Waals surface area contributed by atoms with Crippen molar-refractivity contribution in [2.24, 2.45) is 7.05 Å². The van der Waals surface area contributed by atoms with Crippen molar-refractivity contribution in [1.82, 2.24) is 9.78 Å². The van der Waals surface area contributed by atoms with Crippen LogP contribution in [0.4, 0.5) is 8.78 Å². The second kappa shape index (κ2) is 5.28. The molecule has 0 saturated heterocycles. The molecule has 0 spiro atoms. The van der Waals surface area contributed by atoms with Crippen LogP contribution in [0.2, 0.25) is 0 Å². The maximum absolute atomic E-state index is 12.7. The molecule has 1 heterocycles. The zero-order valence-electron chi connectivity index (χ0n) is 10.8. The first-order valence-corrected chi connectivity index (χ1v) is 5.68. The third-order valence-electron chi connectivity index (χ3n) is 2.85. The molecule has 0 aliphatic rings. The summed E-state index contributed by atoms with van der Waals surface area (Å²) in [6.07, 6.45) is -2.60. The fourth-order valence-electron chi connectivity index (χ4n) is 1.88. The van der Waals surface area contributed by atoms with Gasteiger partial charge in [0.2, 0.25) is 0 Å². The highest BCUT2D eigenvalue weighted by atomic mass is 19.3. The number of carbonyl (C=O) groups is 1. The van der Waals surface area contributed by atoms with Crippen molar-refractivity contribution in [3.8, 4) is 17.0 Å². The molecule has 0 atom stereocenters. The Hall–Kier alpha value is -2.44. The predicted octanol–water partition coefficient (Wildman–Crippen LogP) is 2.73. The molecule has 7 heteroatoms. The van der Waals surface area contributed by atoms with Gasteiger partial charge in [0.25, 0.3) is 6.43 Å². The summed E-state index contributed by atoms with van der Waals surface area (Å²) in [4.78, 5) is 10.9. The van der Waals surface area contributed by atoms with Gasteiger partial charge in [-0.05, 0) is 18.2 Å². The molecule has 0 fully saturated rings. The Kier molecular flexibility index (Phi) is 3.69. The van der Waals surface area contributed by atoms with E-state index in [9.17, 15) is 13.6 Å². The Bertz CT molecular complexity index is 653. The van der Waals surface area contributed by atoms with Crippen LogP contribution < -0.4 is 4.74 Å². The van der Waals surface area contributed by atoms with Crippen molar-refractivity contribution >= 4 is 5.97 Å². The van der Waals surface area contributed by atoms with E-state index in [1.165, 1.54) is 36.1 Å². The number of aromatic carboxylic acids is 1. The van der Waals surface area contributed by atoms with E-state index in [0.29, 0.717) is 11.3 Å². The van der Waals surface area contributed by atoms with E-state index in [-0.39, 0.29) is 17.0 Å². The van der Waals surface area contributed by atoms with Gasteiger partial charge in [-0.2, -0.15) is 5.10 Å². The highest BCUT2D eigenvalue weighted by Gasteiger charge is 2.17. The first-order chi connectivity index (χ1) is 9.43. The molecule has 0 unspecified atom stereocenters. The third-order valence-corrected chi connectivity index (χ3v) is 2.85. The maximum Gasteiger partial charge on any atom is 0.356 e. The van der Waals surface area contributed by atoms with Crippen LogP contribution in [-0.4, -0.2) is 28.0 Å². The zero-order chi connectivity index (χ0) is 14.9. The van der Waals surface area contributed by atoms with Crippen LogP contribution in [0.1, 0.15) is 22.5 Å². The smallest absolute Gasteiger partial charge is 0.356 e.